The number of benzene rings is 1. The van der Waals surface area contributed by atoms with Gasteiger partial charge in [0.2, 0.25) is 0 Å². The van der Waals surface area contributed by atoms with Gasteiger partial charge >= 0.3 is 11.4 Å². The average molecular weight is 302 g/mol. The number of carbonyl (C=O) groups is 1. The zero-order valence-corrected chi connectivity index (χ0v) is 11.3. The van der Waals surface area contributed by atoms with Gasteiger partial charge in [-0.05, 0) is 12.1 Å². The first kappa shape index (κ1) is 13.6. The number of para-hydroxylation sites is 1. The SMILES string of the molecule is COc1ccccc1C(=O)n1c(=O)[nH]c2[nH]c(=O)[nH]c2c1=O. The van der Waals surface area contributed by atoms with E-state index in [-0.39, 0.29) is 22.5 Å². The van der Waals surface area contributed by atoms with Gasteiger partial charge in [-0.1, -0.05) is 12.1 Å². The molecule has 0 aliphatic heterocycles. The molecule has 22 heavy (non-hydrogen) atoms. The Hall–Kier alpha value is -3.36. The Labute approximate surface area is 121 Å². The summed E-state index contributed by atoms with van der Waals surface area (Å²) in [5.74, 6) is -0.630. The van der Waals surface area contributed by atoms with E-state index in [1.54, 1.807) is 12.1 Å². The summed E-state index contributed by atoms with van der Waals surface area (Å²) in [7, 11) is 1.37. The highest BCUT2D eigenvalue weighted by molar-refractivity contribution is 5.98. The minimum atomic E-state index is -0.955. The summed E-state index contributed by atoms with van der Waals surface area (Å²) in [5, 5.41) is 0. The monoisotopic (exact) mass is 302 g/mol. The van der Waals surface area contributed by atoms with Crippen LogP contribution in [0.15, 0.2) is 38.6 Å². The van der Waals surface area contributed by atoms with Crippen molar-refractivity contribution in [2.45, 2.75) is 0 Å². The Morgan fingerprint density at radius 2 is 1.82 bits per heavy atom. The van der Waals surface area contributed by atoms with Crippen LogP contribution in [0, 0.1) is 0 Å². The molecule has 9 nitrogen and oxygen atoms in total. The van der Waals surface area contributed by atoms with Crippen molar-refractivity contribution in [3.63, 3.8) is 0 Å². The van der Waals surface area contributed by atoms with Gasteiger partial charge in [0.15, 0.2) is 5.52 Å². The number of ether oxygens (including phenoxy) is 1. The first-order valence-corrected chi connectivity index (χ1v) is 6.18. The van der Waals surface area contributed by atoms with Gasteiger partial charge in [0.1, 0.15) is 11.4 Å². The van der Waals surface area contributed by atoms with Crippen molar-refractivity contribution >= 4 is 17.1 Å². The van der Waals surface area contributed by atoms with Crippen molar-refractivity contribution in [1.29, 1.82) is 0 Å². The maximum absolute atomic E-state index is 12.5. The quantitative estimate of drug-likeness (QED) is 0.582. The Bertz CT molecular complexity index is 1050. The molecule has 0 atom stereocenters. The fourth-order valence-electron chi connectivity index (χ4n) is 2.13. The molecule has 0 saturated carbocycles. The van der Waals surface area contributed by atoms with E-state index in [1.807, 2.05) is 0 Å². The van der Waals surface area contributed by atoms with E-state index in [4.69, 9.17) is 4.74 Å². The van der Waals surface area contributed by atoms with Crippen molar-refractivity contribution in [2.24, 2.45) is 0 Å². The minimum absolute atomic E-state index is 0.0508. The van der Waals surface area contributed by atoms with Crippen LogP contribution in [-0.4, -0.2) is 32.5 Å². The first-order chi connectivity index (χ1) is 10.5. The van der Waals surface area contributed by atoms with Crippen LogP contribution in [0.2, 0.25) is 0 Å². The highest BCUT2D eigenvalue weighted by atomic mass is 16.5. The van der Waals surface area contributed by atoms with E-state index in [1.165, 1.54) is 19.2 Å². The third-order valence-corrected chi connectivity index (χ3v) is 3.12. The summed E-state index contributed by atoms with van der Waals surface area (Å²) in [5.41, 5.74) is -2.74. The van der Waals surface area contributed by atoms with Crippen LogP contribution in [0.3, 0.4) is 0 Å². The number of nitrogens with zero attached hydrogens (tertiary/aromatic N) is 1. The predicted octanol–water partition coefficient (Wildman–Crippen LogP) is -0.597. The van der Waals surface area contributed by atoms with Gasteiger partial charge in [-0.25, -0.2) is 9.59 Å². The van der Waals surface area contributed by atoms with Crippen LogP contribution < -0.4 is 21.7 Å². The second-order valence-electron chi connectivity index (χ2n) is 4.41. The number of carbonyl (C=O) groups excluding carboxylic acids is 1. The Kier molecular flexibility index (Phi) is 3.02. The van der Waals surface area contributed by atoms with Crippen molar-refractivity contribution < 1.29 is 9.53 Å². The lowest BCUT2D eigenvalue weighted by molar-refractivity contribution is 0.0948. The summed E-state index contributed by atoms with van der Waals surface area (Å²) >= 11 is 0. The molecule has 112 valence electrons. The van der Waals surface area contributed by atoms with Crippen LogP contribution in [0.25, 0.3) is 11.2 Å². The molecule has 3 N–H and O–H groups in total. The van der Waals surface area contributed by atoms with Crippen molar-refractivity contribution in [1.82, 2.24) is 19.5 Å². The number of H-pyrrole nitrogens is 3. The summed E-state index contributed by atoms with van der Waals surface area (Å²) < 4.78 is 5.45. The summed E-state index contributed by atoms with van der Waals surface area (Å²) in [4.78, 5) is 54.7. The molecule has 0 unspecified atom stereocenters. The Balaban J connectivity index is 2.30. The number of fused-ring (bicyclic) bond motifs is 1. The molecule has 0 amide bonds. The maximum atomic E-state index is 12.5. The molecular weight excluding hydrogens is 292 g/mol. The molecule has 0 radical (unpaired) electrons. The third kappa shape index (κ3) is 1.95. The van der Waals surface area contributed by atoms with E-state index in [2.05, 4.69) is 15.0 Å². The molecule has 0 saturated heterocycles. The predicted molar refractivity (Wildman–Crippen MR) is 76.5 cm³/mol. The van der Waals surface area contributed by atoms with Crippen molar-refractivity contribution in [3.05, 3.63) is 61.2 Å². The standard InChI is InChI=1S/C13H10N4O5/c1-22-7-5-3-2-4-6(7)10(18)17-11(19)8-9(16-13(17)21)15-12(20)14-8/h2-5H,1H3,(H,16,21)(H2,14,15,20). The number of rotatable bonds is 2. The summed E-state index contributed by atoms with van der Waals surface area (Å²) in [6.45, 7) is 0. The molecule has 1 aromatic carbocycles. The number of aromatic nitrogens is 4. The summed E-state index contributed by atoms with van der Waals surface area (Å²) in [6.07, 6.45) is 0. The number of aromatic amines is 3. The molecule has 0 bridgehead atoms. The number of hydrogen-bond donors (Lipinski definition) is 3. The molecular formula is C13H10N4O5. The maximum Gasteiger partial charge on any atom is 0.337 e. The van der Waals surface area contributed by atoms with Crippen LogP contribution in [0.4, 0.5) is 0 Å². The summed E-state index contributed by atoms with van der Waals surface area (Å²) in [6, 6.07) is 6.18. The van der Waals surface area contributed by atoms with Crippen LogP contribution in [0.1, 0.15) is 10.4 Å². The van der Waals surface area contributed by atoms with Gasteiger partial charge in [-0.2, -0.15) is 4.57 Å². The largest absolute Gasteiger partial charge is 0.496 e. The minimum Gasteiger partial charge on any atom is -0.496 e. The van der Waals surface area contributed by atoms with E-state index < -0.39 is 22.8 Å². The lowest BCUT2D eigenvalue weighted by atomic mass is 10.2. The Morgan fingerprint density at radius 1 is 1.09 bits per heavy atom. The normalized spacial score (nSPS) is 10.8. The molecule has 3 aromatic rings. The number of methoxy groups -OCH3 is 1. The average Bonchev–Trinajstić information content (AvgIpc) is 2.87. The van der Waals surface area contributed by atoms with Gasteiger partial charge in [0.05, 0.1) is 12.7 Å². The highest BCUT2D eigenvalue weighted by Crippen LogP contribution is 2.17. The Morgan fingerprint density at radius 3 is 2.55 bits per heavy atom. The lowest BCUT2D eigenvalue weighted by Gasteiger charge is -2.07. The molecule has 9 heteroatoms. The zero-order valence-electron chi connectivity index (χ0n) is 11.3. The number of imidazole rings is 1. The number of nitrogens with one attached hydrogen (secondary N) is 3. The van der Waals surface area contributed by atoms with Gasteiger partial charge in [0.25, 0.3) is 11.5 Å². The van der Waals surface area contributed by atoms with Crippen LogP contribution >= 0.6 is 0 Å². The molecule has 2 aromatic heterocycles. The van der Waals surface area contributed by atoms with E-state index >= 15 is 0 Å². The van der Waals surface area contributed by atoms with Crippen molar-refractivity contribution in [2.75, 3.05) is 7.11 Å². The van der Waals surface area contributed by atoms with Gasteiger partial charge in [0, 0.05) is 0 Å². The number of hydrogen-bond acceptors (Lipinski definition) is 5. The highest BCUT2D eigenvalue weighted by Gasteiger charge is 2.20. The topological polar surface area (TPSA) is 130 Å². The van der Waals surface area contributed by atoms with Crippen LogP contribution in [-0.2, 0) is 0 Å². The fraction of sp³-hybridized carbons (Fsp3) is 0.0769. The van der Waals surface area contributed by atoms with E-state index in [0.717, 1.165) is 0 Å². The van der Waals surface area contributed by atoms with Crippen LogP contribution in [0.5, 0.6) is 5.75 Å². The third-order valence-electron chi connectivity index (χ3n) is 3.12. The van der Waals surface area contributed by atoms with Crippen molar-refractivity contribution in [3.8, 4) is 5.75 Å². The second-order valence-corrected chi connectivity index (χ2v) is 4.41. The first-order valence-electron chi connectivity index (χ1n) is 6.18. The molecule has 0 aliphatic carbocycles. The van der Waals surface area contributed by atoms with E-state index in [9.17, 15) is 19.2 Å². The lowest BCUT2D eigenvalue weighted by Crippen LogP contribution is -2.40. The second kappa shape index (κ2) is 4.88. The molecule has 0 fully saturated rings. The molecule has 2 heterocycles. The van der Waals surface area contributed by atoms with E-state index in [0.29, 0.717) is 4.57 Å². The van der Waals surface area contributed by atoms with Gasteiger partial charge < -0.3 is 4.74 Å². The smallest absolute Gasteiger partial charge is 0.337 e. The molecule has 0 aliphatic rings. The molecule has 0 spiro atoms. The van der Waals surface area contributed by atoms with Gasteiger partial charge in [-0.15, -0.1) is 0 Å². The zero-order chi connectivity index (χ0) is 15.9. The fourth-order valence-corrected chi connectivity index (χ4v) is 2.13. The molecule has 3 rings (SSSR count). The van der Waals surface area contributed by atoms with Gasteiger partial charge in [-0.3, -0.25) is 24.5 Å².